The van der Waals surface area contributed by atoms with E-state index in [0.29, 0.717) is 0 Å². The van der Waals surface area contributed by atoms with Gasteiger partial charge in [0.25, 0.3) is 0 Å². The molecule has 0 saturated carbocycles. The number of ether oxygens (including phenoxy) is 1. The average molecular weight is 228 g/mol. The van der Waals surface area contributed by atoms with E-state index in [9.17, 15) is 15.0 Å². The Morgan fingerprint density at radius 1 is 1.44 bits per heavy atom. The Kier molecular flexibility index (Phi) is 4.71. The number of rotatable bonds is 4. The molecule has 0 radical (unpaired) electrons. The molecule has 6 nitrogen and oxygen atoms in total. The Balaban J connectivity index is 2.44. The van der Waals surface area contributed by atoms with Crippen molar-refractivity contribution < 1.29 is 19.7 Å². The largest absolute Gasteiger partial charge is 0.388 e. The average Bonchev–Trinajstić information content (AvgIpc) is 2.54. The lowest BCUT2D eigenvalue weighted by atomic mass is 10.1. The van der Waals surface area contributed by atoms with Crippen LogP contribution in [0.2, 0.25) is 0 Å². The van der Waals surface area contributed by atoms with Gasteiger partial charge in [-0.05, 0) is 0 Å². The van der Waals surface area contributed by atoms with E-state index in [4.69, 9.17) is 16.9 Å². The number of aliphatic hydroxyl groups excluding tert-OH is 2. The van der Waals surface area contributed by atoms with Gasteiger partial charge in [0.15, 0.2) is 0 Å². The molecule has 1 saturated heterocycles. The highest BCUT2D eigenvalue weighted by Crippen LogP contribution is 2.22. The van der Waals surface area contributed by atoms with Gasteiger partial charge in [0, 0.05) is 6.54 Å². The normalized spacial score (nSPS) is 33.4. The predicted octanol–water partition coefficient (Wildman–Crippen LogP) is -2.43. The zero-order chi connectivity index (χ0) is 12.1. The molecular weight excluding hydrogens is 212 g/mol. The van der Waals surface area contributed by atoms with Crippen LogP contribution in [0.25, 0.3) is 0 Å². The van der Waals surface area contributed by atoms with E-state index in [1.54, 1.807) is 0 Å². The van der Waals surface area contributed by atoms with E-state index in [0.717, 1.165) is 0 Å². The summed E-state index contributed by atoms with van der Waals surface area (Å²) in [5.74, 6) is 1.93. The maximum atomic E-state index is 11.3. The van der Waals surface area contributed by atoms with Gasteiger partial charge in [0.2, 0.25) is 5.91 Å². The van der Waals surface area contributed by atoms with Crippen LogP contribution in [-0.2, 0) is 9.53 Å². The third-order valence-corrected chi connectivity index (χ3v) is 2.47. The van der Waals surface area contributed by atoms with Gasteiger partial charge < -0.3 is 26.0 Å². The Bertz CT molecular complexity index is 289. The van der Waals surface area contributed by atoms with E-state index in [2.05, 4.69) is 11.2 Å². The van der Waals surface area contributed by atoms with Crippen molar-refractivity contribution in [3.05, 3.63) is 0 Å². The molecule has 0 bridgehead atoms. The van der Waals surface area contributed by atoms with Gasteiger partial charge in [-0.15, -0.1) is 6.42 Å². The van der Waals surface area contributed by atoms with Crippen LogP contribution in [0.15, 0.2) is 0 Å². The van der Waals surface area contributed by atoms with E-state index >= 15 is 0 Å². The van der Waals surface area contributed by atoms with Crippen LogP contribution >= 0.6 is 0 Å². The lowest BCUT2D eigenvalue weighted by molar-refractivity contribution is -0.124. The molecule has 1 rings (SSSR count). The molecule has 16 heavy (non-hydrogen) atoms. The fourth-order valence-corrected chi connectivity index (χ4v) is 1.59. The summed E-state index contributed by atoms with van der Waals surface area (Å²) in [6, 6.07) is 0. The van der Waals surface area contributed by atoms with Crippen LogP contribution in [0.1, 0.15) is 6.42 Å². The minimum absolute atomic E-state index is 0.0452. The van der Waals surface area contributed by atoms with Gasteiger partial charge in [-0.3, -0.25) is 4.79 Å². The standard InChI is InChI=1S/C10H16N2O4/c1-2-3-12-8(13)4-6-9(14)10(15)7(5-11)16-6/h1,6-7,9-10,14-15H,3-5,11H2,(H,12,13)/t6-,7+,9-,10+/m0/s1. The minimum atomic E-state index is -1.09. The Labute approximate surface area is 93.8 Å². The van der Waals surface area contributed by atoms with Crippen LogP contribution in [0.5, 0.6) is 0 Å². The first-order valence-electron chi connectivity index (χ1n) is 5.02. The zero-order valence-electron chi connectivity index (χ0n) is 8.80. The molecule has 5 N–H and O–H groups in total. The molecule has 90 valence electrons. The molecule has 4 atom stereocenters. The molecule has 1 aliphatic rings. The van der Waals surface area contributed by atoms with Crippen molar-refractivity contribution in [1.82, 2.24) is 5.32 Å². The maximum absolute atomic E-state index is 11.3. The van der Waals surface area contributed by atoms with Crippen LogP contribution in [-0.4, -0.2) is 53.6 Å². The van der Waals surface area contributed by atoms with E-state index < -0.39 is 24.4 Å². The number of aliphatic hydroxyl groups is 2. The van der Waals surface area contributed by atoms with Crippen molar-refractivity contribution in [1.29, 1.82) is 0 Å². The lowest BCUT2D eigenvalue weighted by Crippen LogP contribution is -2.37. The van der Waals surface area contributed by atoms with Crippen LogP contribution in [0.3, 0.4) is 0 Å². The van der Waals surface area contributed by atoms with Gasteiger partial charge in [0.1, 0.15) is 12.2 Å². The number of nitrogens with one attached hydrogen (secondary N) is 1. The summed E-state index contributed by atoms with van der Waals surface area (Å²) in [5, 5.41) is 21.5. The Hall–Kier alpha value is -1.13. The van der Waals surface area contributed by atoms with E-state index in [1.165, 1.54) is 0 Å². The second-order valence-electron chi connectivity index (χ2n) is 3.61. The highest BCUT2D eigenvalue weighted by atomic mass is 16.5. The summed E-state index contributed by atoms with van der Waals surface area (Å²) in [6.45, 7) is 0.227. The Morgan fingerprint density at radius 3 is 2.56 bits per heavy atom. The van der Waals surface area contributed by atoms with E-state index in [-0.39, 0.29) is 25.4 Å². The first kappa shape index (κ1) is 12.9. The summed E-state index contributed by atoms with van der Waals surface area (Å²) in [5.41, 5.74) is 5.34. The minimum Gasteiger partial charge on any atom is -0.388 e. The highest BCUT2D eigenvalue weighted by Gasteiger charge is 2.42. The highest BCUT2D eigenvalue weighted by molar-refractivity contribution is 5.76. The maximum Gasteiger partial charge on any atom is 0.223 e. The molecule has 1 amide bonds. The number of hydrogen-bond donors (Lipinski definition) is 4. The molecule has 0 aromatic rings. The van der Waals surface area contributed by atoms with Crippen LogP contribution < -0.4 is 11.1 Å². The molecule has 1 heterocycles. The molecule has 0 aromatic heterocycles. The van der Waals surface area contributed by atoms with Crippen molar-refractivity contribution in [2.75, 3.05) is 13.1 Å². The molecule has 6 heteroatoms. The number of terminal acetylenes is 1. The van der Waals surface area contributed by atoms with Gasteiger partial charge >= 0.3 is 0 Å². The first-order chi connectivity index (χ1) is 7.60. The molecule has 1 fully saturated rings. The topological polar surface area (TPSA) is 105 Å². The zero-order valence-corrected chi connectivity index (χ0v) is 8.80. The molecule has 0 spiro atoms. The third kappa shape index (κ3) is 2.93. The van der Waals surface area contributed by atoms with Crippen molar-refractivity contribution in [2.24, 2.45) is 5.73 Å². The monoisotopic (exact) mass is 228 g/mol. The number of carbonyl (C=O) groups is 1. The predicted molar refractivity (Wildman–Crippen MR) is 56.2 cm³/mol. The number of carbonyl (C=O) groups excluding carboxylic acids is 1. The second-order valence-corrected chi connectivity index (χ2v) is 3.61. The fraction of sp³-hybridized carbons (Fsp3) is 0.700. The number of amides is 1. The fourth-order valence-electron chi connectivity index (χ4n) is 1.59. The summed E-state index contributed by atoms with van der Waals surface area (Å²) in [4.78, 5) is 11.3. The summed E-state index contributed by atoms with van der Waals surface area (Å²) in [6.07, 6.45) is 1.43. The number of hydrogen-bond acceptors (Lipinski definition) is 5. The van der Waals surface area contributed by atoms with Crippen LogP contribution in [0.4, 0.5) is 0 Å². The van der Waals surface area contributed by atoms with Crippen molar-refractivity contribution in [2.45, 2.75) is 30.8 Å². The number of nitrogens with two attached hydrogens (primary N) is 1. The molecule has 0 unspecified atom stereocenters. The lowest BCUT2D eigenvalue weighted by Gasteiger charge is -2.13. The molecule has 0 aromatic carbocycles. The summed E-state index contributed by atoms with van der Waals surface area (Å²) < 4.78 is 5.25. The van der Waals surface area contributed by atoms with Crippen molar-refractivity contribution >= 4 is 5.91 Å². The Morgan fingerprint density at radius 2 is 2.06 bits per heavy atom. The summed E-state index contributed by atoms with van der Waals surface area (Å²) >= 11 is 0. The van der Waals surface area contributed by atoms with Gasteiger partial charge in [-0.2, -0.15) is 0 Å². The molecule has 0 aliphatic carbocycles. The van der Waals surface area contributed by atoms with Gasteiger partial charge in [-0.1, -0.05) is 5.92 Å². The van der Waals surface area contributed by atoms with Crippen LogP contribution in [0, 0.1) is 12.3 Å². The van der Waals surface area contributed by atoms with Crippen molar-refractivity contribution in [3.63, 3.8) is 0 Å². The van der Waals surface area contributed by atoms with Gasteiger partial charge in [-0.25, -0.2) is 0 Å². The smallest absolute Gasteiger partial charge is 0.223 e. The van der Waals surface area contributed by atoms with E-state index in [1.807, 2.05) is 0 Å². The molecule has 1 aliphatic heterocycles. The van der Waals surface area contributed by atoms with Gasteiger partial charge in [0.05, 0.1) is 25.2 Å². The first-order valence-corrected chi connectivity index (χ1v) is 5.02. The summed E-state index contributed by atoms with van der Waals surface area (Å²) in [7, 11) is 0. The quantitative estimate of drug-likeness (QED) is 0.401. The van der Waals surface area contributed by atoms with Crippen molar-refractivity contribution in [3.8, 4) is 12.3 Å². The second kappa shape index (κ2) is 5.82. The SMILES string of the molecule is C#CCNC(=O)C[C@@H]1O[C@H](CN)[C@@H](O)[C@H]1O. The molecular formula is C10H16N2O4. The third-order valence-electron chi connectivity index (χ3n) is 2.47.